The first kappa shape index (κ1) is 9.34. The summed E-state index contributed by atoms with van der Waals surface area (Å²) in [5, 5.41) is 0. The van der Waals surface area contributed by atoms with E-state index < -0.39 is 0 Å². The molecule has 0 bridgehead atoms. The van der Waals surface area contributed by atoms with Crippen LogP contribution in [0.15, 0.2) is 4.99 Å². The van der Waals surface area contributed by atoms with E-state index in [4.69, 9.17) is 0 Å². The predicted octanol–water partition coefficient (Wildman–Crippen LogP) is 1.84. The molecule has 0 N–H and O–H groups in total. The molecule has 0 aliphatic heterocycles. The van der Waals surface area contributed by atoms with Gasteiger partial charge in [-0.25, -0.2) is 0 Å². The van der Waals surface area contributed by atoms with E-state index in [1.807, 2.05) is 6.92 Å². The summed E-state index contributed by atoms with van der Waals surface area (Å²) >= 11 is 0. The highest BCUT2D eigenvalue weighted by molar-refractivity contribution is 5.99. The number of rotatable bonds is 4. The standard InChI is InChI=1S/C8H15NO/c1-4-5-9-7(2)6-8(3)10/h4-6H2,1-3H3/b9-7-. The molecule has 0 rings (SSSR count). The average Bonchev–Trinajstić information content (AvgIpc) is 1.82. The Morgan fingerprint density at radius 1 is 1.40 bits per heavy atom. The Labute approximate surface area is 62.4 Å². The van der Waals surface area contributed by atoms with E-state index in [1.54, 1.807) is 6.92 Å². The Balaban J connectivity index is 3.59. The maximum absolute atomic E-state index is 10.5. The molecule has 0 aromatic rings. The molecule has 0 atom stereocenters. The number of Topliss-reactive ketones (excluding diaryl/α,β-unsaturated/α-hetero) is 1. The SMILES string of the molecule is CCC/N=C(/C)CC(C)=O. The number of carbonyl (C=O) groups excluding carboxylic acids is 1. The summed E-state index contributed by atoms with van der Waals surface area (Å²) in [4.78, 5) is 14.7. The van der Waals surface area contributed by atoms with E-state index in [0.29, 0.717) is 6.42 Å². The normalized spacial score (nSPS) is 11.7. The fourth-order valence-electron chi connectivity index (χ4n) is 0.719. The third-order valence-corrected chi connectivity index (χ3v) is 1.11. The van der Waals surface area contributed by atoms with Crippen LogP contribution in [-0.4, -0.2) is 18.0 Å². The zero-order chi connectivity index (χ0) is 7.98. The van der Waals surface area contributed by atoms with E-state index in [1.165, 1.54) is 0 Å². The molecule has 0 amide bonds. The van der Waals surface area contributed by atoms with Crippen molar-refractivity contribution in [1.29, 1.82) is 0 Å². The molecule has 0 fully saturated rings. The second-order valence-electron chi connectivity index (χ2n) is 2.50. The number of hydrogen-bond acceptors (Lipinski definition) is 2. The molecule has 2 nitrogen and oxygen atoms in total. The molecule has 10 heavy (non-hydrogen) atoms. The molecule has 0 aromatic heterocycles. The van der Waals surface area contributed by atoms with Crippen molar-refractivity contribution < 1.29 is 4.79 Å². The highest BCUT2D eigenvalue weighted by Gasteiger charge is 1.94. The van der Waals surface area contributed by atoms with Gasteiger partial charge in [-0.3, -0.25) is 9.79 Å². The molecule has 58 valence electrons. The third-order valence-electron chi connectivity index (χ3n) is 1.11. The lowest BCUT2D eigenvalue weighted by Crippen LogP contribution is -2.00. The Hall–Kier alpha value is -0.660. The summed E-state index contributed by atoms with van der Waals surface area (Å²) < 4.78 is 0. The Kier molecular flexibility index (Phi) is 4.81. The summed E-state index contributed by atoms with van der Waals surface area (Å²) in [6.45, 7) is 6.41. The first-order valence-corrected chi connectivity index (χ1v) is 3.66. The van der Waals surface area contributed by atoms with Gasteiger partial charge < -0.3 is 0 Å². The van der Waals surface area contributed by atoms with Crippen molar-refractivity contribution in [2.45, 2.75) is 33.6 Å². The average molecular weight is 141 g/mol. The topological polar surface area (TPSA) is 29.4 Å². The molecule has 0 radical (unpaired) electrons. The summed E-state index contributed by atoms with van der Waals surface area (Å²) in [6.07, 6.45) is 1.56. The van der Waals surface area contributed by atoms with E-state index in [2.05, 4.69) is 11.9 Å². The van der Waals surface area contributed by atoms with Gasteiger partial charge in [-0.2, -0.15) is 0 Å². The van der Waals surface area contributed by atoms with Gasteiger partial charge in [0.15, 0.2) is 0 Å². The number of ketones is 1. The second-order valence-corrected chi connectivity index (χ2v) is 2.50. The second kappa shape index (κ2) is 5.15. The predicted molar refractivity (Wildman–Crippen MR) is 43.6 cm³/mol. The van der Waals surface area contributed by atoms with Crippen LogP contribution in [0.3, 0.4) is 0 Å². The minimum absolute atomic E-state index is 0.192. The van der Waals surface area contributed by atoms with Crippen LogP contribution in [0, 0.1) is 0 Å². The Morgan fingerprint density at radius 2 is 2.00 bits per heavy atom. The fourth-order valence-corrected chi connectivity index (χ4v) is 0.719. The summed E-state index contributed by atoms with van der Waals surface area (Å²) in [7, 11) is 0. The van der Waals surface area contributed by atoms with Gasteiger partial charge in [-0.1, -0.05) is 6.92 Å². The van der Waals surface area contributed by atoms with Gasteiger partial charge in [0.2, 0.25) is 0 Å². The van der Waals surface area contributed by atoms with Gasteiger partial charge >= 0.3 is 0 Å². The van der Waals surface area contributed by atoms with Crippen LogP contribution in [0.25, 0.3) is 0 Å². The number of aliphatic imine (C=N–C) groups is 1. The van der Waals surface area contributed by atoms with Gasteiger partial charge in [0.25, 0.3) is 0 Å². The zero-order valence-electron chi connectivity index (χ0n) is 6.98. The fraction of sp³-hybridized carbons (Fsp3) is 0.750. The number of hydrogen-bond donors (Lipinski definition) is 0. The quantitative estimate of drug-likeness (QED) is 0.549. The molecule has 0 heterocycles. The van der Waals surface area contributed by atoms with Crippen LogP contribution >= 0.6 is 0 Å². The minimum atomic E-state index is 0.192. The highest BCUT2D eigenvalue weighted by Crippen LogP contribution is 1.89. The Morgan fingerprint density at radius 3 is 2.40 bits per heavy atom. The molecule has 0 unspecified atom stereocenters. The molecule has 0 aliphatic rings. The lowest BCUT2D eigenvalue weighted by atomic mass is 10.2. The molecule has 0 spiro atoms. The maximum Gasteiger partial charge on any atom is 0.135 e. The molecule has 0 aromatic carbocycles. The van der Waals surface area contributed by atoms with Gasteiger partial charge in [0.05, 0.1) is 0 Å². The van der Waals surface area contributed by atoms with Gasteiger partial charge in [0, 0.05) is 18.7 Å². The van der Waals surface area contributed by atoms with Crippen molar-refractivity contribution in [2.24, 2.45) is 4.99 Å². The molecule has 0 aliphatic carbocycles. The van der Waals surface area contributed by atoms with Gasteiger partial charge in [-0.05, 0) is 20.3 Å². The monoisotopic (exact) mass is 141 g/mol. The molecule has 0 saturated carbocycles. The smallest absolute Gasteiger partial charge is 0.135 e. The van der Waals surface area contributed by atoms with Crippen LogP contribution in [-0.2, 0) is 4.79 Å². The molecular formula is C8H15NO. The number of nitrogens with zero attached hydrogens (tertiary/aromatic N) is 1. The van der Waals surface area contributed by atoms with Crippen molar-refractivity contribution in [3.63, 3.8) is 0 Å². The third kappa shape index (κ3) is 5.48. The minimum Gasteiger partial charge on any atom is -0.300 e. The first-order chi connectivity index (χ1) is 4.66. The molecular weight excluding hydrogens is 126 g/mol. The maximum atomic E-state index is 10.5. The first-order valence-electron chi connectivity index (χ1n) is 3.66. The van der Waals surface area contributed by atoms with E-state index in [9.17, 15) is 4.79 Å². The van der Waals surface area contributed by atoms with Crippen LogP contribution < -0.4 is 0 Å². The summed E-state index contributed by atoms with van der Waals surface area (Å²) in [5.41, 5.74) is 0.953. The Bertz CT molecular complexity index is 138. The summed E-state index contributed by atoms with van der Waals surface area (Å²) in [6, 6.07) is 0. The highest BCUT2D eigenvalue weighted by atomic mass is 16.1. The van der Waals surface area contributed by atoms with E-state index in [0.717, 1.165) is 18.7 Å². The zero-order valence-corrected chi connectivity index (χ0v) is 6.98. The van der Waals surface area contributed by atoms with Crippen LogP contribution in [0.5, 0.6) is 0 Å². The van der Waals surface area contributed by atoms with Crippen molar-refractivity contribution in [3.8, 4) is 0 Å². The lowest BCUT2D eigenvalue weighted by molar-refractivity contribution is -0.115. The van der Waals surface area contributed by atoms with E-state index >= 15 is 0 Å². The van der Waals surface area contributed by atoms with Crippen molar-refractivity contribution in [2.75, 3.05) is 6.54 Å². The van der Waals surface area contributed by atoms with Crippen LogP contribution in [0.2, 0.25) is 0 Å². The van der Waals surface area contributed by atoms with Crippen LogP contribution in [0.1, 0.15) is 33.6 Å². The molecule has 2 heteroatoms. The van der Waals surface area contributed by atoms with Gasteiger partial charge in [-0.15, -0.1) is 0 Å². The van der Waals surface area contributed by atoms with Crippen molar-refractivity contribution >= 4 is 11.5 Å². The van der Waals surface area contributed by atoms with Gasteiger partial charge in [0.1, 0.15) is 5.78 Å². The lowest BCUT2D eigenvalue weighted by Gasteiger charge is -1.94. The number of carbonyl (C=O) groups is 1. The van der Waals surface area contributed by atoms with Crippen molar-refractivity contribution in [3.05, 3.63) is 0 Å². The van der Waals surface area contributed by atoms with E-state index in [-0.39, 0.29) is 5.78 Å². The van der Waals surface area contributed by atoms with Crippen molar-refractivity contribution in [1.82, 2.24) is 0 Å². The largest absolute Gasteiger partial charge is 0.300 e. The molecule has 0 saturated heterocycles. The summed E-state index contributed by atoms with van der Waals surface area (Å²) in [5.74, 6) is 0.192. The van der Waals surface area contributed by atoms with Crippen LogP contribution in [0.4, 0.5) is 0 Å².